The van der Waals surface area contributed by atoms with Crippen molar-refractivity contribution >= 4 is 34.6 Å². The molecule has 118 valence electrons. The van der Waals surface area contributed by atoms with Gasteiger partial charge < -0.3 is 15.0 Å². The molecule has 1 unspecified atom stereocenters. The lowest BCUT2D eigenvalue weighted by Gasteiger charge is -2.27. The van der Waals surface area contributed by atoms with Crippen molar-refractivity contribution in [3.8, 4) is 6.07 Å². The summed E-state index contributed by atoms with van der Waals surface area (Å²) in [6.07, 6.45) is 2.78. The van der Waals surface area contributed by atoms with E-state index in [-0.39, 0.29) is 6.10 Å². The Balaban J connectivity index is 2.02. The zero-order valence-corrected chi connectivity index (χ0v) is 14.2. The predicted molar refractivity (Wildman–Crippen MR) is 93.2 cm³/mol. The number of anilines is 1. The first-order chi connectivity index (χ1) is 10.6. The molecule has 1 aliphatic heterocycles. The van der Waals surface area contributed by atoms with Gasteiger partial charge in [-0.25, -0.2) is 0 Å². The Labute approximate surface area is 142 Å². The number of thiocarbonyl (C=S) groups is 1. The summed E-state index contributed by atoms with van der Waals surface area (Å²) in [7, 11) is 0. The molecule has 0 spiro atoms. The standard InChI is InChI=1S/C16H20ClN3OS/c1-12-10-13(17)5-6-15(12)19-16(22)20(8-3-7-18)11-14-4-2-9-21-14/h5-6,10,14H,2-4,8-9,11H2,1H3,(H,19,22). The second kappa shape index (κ2) is 8.33. The molecule has 1 atom stereocenters. The fraction of sp³-hybridized carbons (Fsp3) is 0.500. The number of hydrogen-bond donors (Lipinski definition) is 1. The molecule has 0 aliphatic carbocycles. The molecular weight excluding hydrogens is 318 g/mol. The van der Waals surface area contributed by atoms with Crippen LogP contribution in [0.15, 0.2) is 18.2 Å². The van der Waals surface area contributed by atoms with E-state index in [1.165, 1.54) is 0 Å². The van der Waals surface area contributed by atoms with Crippen LogP contribution < -0.4 is 5.32 Å². The highest BCUT2D eigenvalue weighted by atomic mass is 35.5. The number of aryl methyl sites for hydroxylation is 1. The molecule has 1 aromatic rings. The highest BCUT2D eigenvalue weighted by Crippen LogP contribution is 2.20. The van der Waals surface area contributed by atoms with Crippen LogP contribution in [-0.2, 0) is 4.74 Å². The summed E-state index contributed by atoms with van der Waals surface area (Å²) in [5.74, 6) is 0. The first-order valence-corrected chi connectivity index (χ1v) is 8.19. The highest BCUT2D eigenvalue weighted by Gasteiger charge is 2.21. The summed E-state index contributed by atoms with van der Waals surface area (Å²) >= 11 is 11.5. The molecule has 0 saturated carbocycles. The van der Waals surface area contributed by atoms with Crippen LogP contribution in [0.2, 0.25) is 5.02 Å². The molecule has 1 heterocycles. The number of benzene rings is 1. The lowest BCUT2D eigenvalue weighted by molar-refractivity contribution is 0.0922. The summed E-state index contributed by atoms with van der Waals surface area (Å²) in [4.78, 5) is 2.02. The summed E-state index contributed by atoms with van der Waals surface area (Å²) in [5.41, 5.74) is 1.97. The van der Waals surface area contributed by atoms with Crippen LogP contribution in [-0.4, -0.2) is 35.8 Å². The van der Waals surface area contributed by atoms with E-state index in [4.69, 9.17) is 33.8 Å². The third-order valence-corrected chi connectivity index (χ3v) is 4.25. The van der Waals surface area contributed by atoms with Gasteiger partial charge in [0, 0.05) is 30.4 Å². The summed E-state index contributed by atoms with van der Waals surface area (Å²) in [5, 5.41) is 13.4. The second-order valence-corrected chi connectivity index (χ2v) is 6.20. The number of nitrogens with one attached hydrogen (secondary N) is 1. The van der Waals surface area contributed by atoms with Crippen molar-refractivity contribution < 1.29 is 4.74 Å². The van der Waals surface area contributed by atoms with E-state index in [1.54, 1.807) is 0 Å². The Morgan fingerprint density at radius 3 is 3.05 bits per heavy atom. The van der Waals surface area contributed by atoms with Crippen LogP contribution in [0.1, 0.15) is 24.8 Å². The van der Waals surface area contributed by atoms with Crippen LogP contribution in [0.3, 0.4) is 0 Å². The first-order valence-electron chi connectivity index (χ1n) is 7.41. The second-order valence-electron chi connectivity index (χ2n) is 5.38. The quantitative estimate of drug-likeness (QED) is 0.829. The van der Waals surface area contributed by atoms with Gasteiger partial charge in [-0.3, -0.25) is 0 Å². The summed E-state index contributed by atoms with van der Waals surface area (Å²) in [6.45, 7) is 4.12. The number of halogens is 1. The summed E-state index contributed by atoms with van der Waals surface area (Å²) < 4.78 is 5.67. The third-order valence-electron chi connectivity index (χ3n) is 3.66. The van der Waals surface area contributed by atoms with Gasteiger partial charge in [0.15, 0.2) is 5.11 Å². The van der Waals surface area contributed by atoms with Gasteiger partial charge in [0.1, 0.15) is 0 Å². The molecular formula is C16H20ClN3OS. The predicted octanol–water partition coefficient (Wildman–Crippen LogP) is 3.74. The van der Waals surface area contributed by atoms with Crippen LogP contribution in [0.5, 0.6) is 0 Å². The lowest BCUT2D eigenvalue weighted by Crippen LogP contribution is -2.40. The SMILES string of the molecule is Cc1cc(Cl)ccc1NC(=S)N(CCC#N)CC1CCCO1. The van der Waals surface area contributed by atoms with Gasteiger partial charge in [-0.1, -0.05) is 11.6 Å². The third kappa shape index (κ3) is 4.84. The Hall–Kier alpha value is -1.35. The number of ether oxygens (including phenoxy) is 1. The molecule has 6 heteroatoms. The molecule has 0 radical (unpaired) electrons. The normalized spacial score (nSPS) is 17.0. The summed E-state index contributed by atoms with van der Waals surface area (Å²) in [6, 6.07) is 7.82. The van der Waals surface area contributed by atoms with Gasteiger partial charge in [-0.15, -0.1) is 0 Å². The average Bonchev–Trinajstić information content (AvgIpc) is 2.99. The average molecular weight is 338 g/mol. The van der Waals surface area contributed by atoms with E-state index in [2.05, 4.69) is 11.4 Å². The number of rotatable bonds is 5. The van der Waals surface area contributed by atoms with Crippen molar-refractivity contribution in [2.75, 3.05) is 25.0 Å². The van der Waals surface area contributed by atoms with Gasteiger partial charge in [-0.2, -0.15) is 5.26 Å². The van der Waals surface area contributed by atoms with E-state index in [0.717, 1.165) is 37.2 Å². The van der Waals surface area contributed by atoms with Crippen LogP contribution in [0.4, 0.5) is 5.69 Å². The number of nitrogens with zero attached hydrogens (tertiary/aromatic N) is 2. The molecule has 0 aromatic heterocycles. The molecule has 1 saturated heterocycles. The Kier molecular flexibility index (Phi) is 6.44. The van der Waals surface area contributed by atoms with Gasteiger partial charge >= 0.3 is 0 Å². The smallest absolute Gasteiger partial charge is 0.173 e. The molecule has 4 nitrogen and oxygen atoms in total. The Morgan fingerprint density at radius 2 is 2.41 bits per heavy atom. The fourth-order valence-electron chi connectivity index (χ4n) is 2.46. The van der Waals surface area contributed by atoms with Crippen LogP contribution in [0, 0.1) is 18.3 Å². The van der Waals surface area contributed by atoms with E-state index in [1.807, 2.05) is 30.0 Å². The van der Waals surface area contributed by atoms with Crippen molar-refractivity contribution in [2.24, 2.45) is 0 Å². The zero-order chi connectivity index (χ0) is 15.9. The minimum absolute atomic E-state index is 0.199. The Bertz CT molecular complexity index is 567. The van der Waals surface area contributed by atoms with Crippen molar-refractivity contribution in [3.63, 3.8) is 0 Å². The van der Waals surface area contributed by atoms with Gasteiger partial charge in [-0.05, 0) is 55.7 Å². The lowest BCUT2D eigenvalue weighted by atomic mass is 10.2. The maximum atomic E-state index is 8.84. The molecule has 0 bridgehead atoms. The molecule has 2 rings (SSSR count). The van der Waals surface area contributed by atoms with Crippen molar-refractivity contribution in [1.29, 1.82) is 5.26 Å². The number of hydrogen-bond acceptors (Lipinski definition) is 3. The maximum Gasteiger partial charge on any atom is 0.173 e. The van der Waals surface area contributed by atoms with Gasteiger partial charge in [0.2, 0.25) is 0 Å². The largest absolute Gasteiger partial charge is 0.376 e. The van der Waals surface area contributed by atoms with E-state index < -0.39 is 0 Å². The van der Waals surface area contributed by atoms with Crippen LogP contribution >= 0.6 is 23.8 Å². The van der Waals surface area contributed by atoms with Gasteiger partial charge in [0.05, 0.1) is 18.6 Å². The minimum Gasteiger partial charge on any atom is -0.376 e. The topological polar surface area (TPSA) is 48.3 Å². The molecule has 1 aromatic carbocycles. The minimum atomic E-state index is 0.199. The van der Waals surface area contributed by atoms with Gasteiger partial charge in [0.25, 0.3) is 0 Å². The van der Waals surface area contributed by atoms with Crippen LogP contribution in [0.25, 0.3) is 0 Å². The highest BCUT2D eigenvalue weighted by molar-refractivity contribution is 7.80. The van der Waals surface area contributed by atoms with E-state index >= 15 is 0 Å². The van der Waals surface area contributed by atoms with E-state index in [9.17, 15) is 0 Å². The molecule has 22 heavy (non-hydrogen) atoms. The Morgan fingerprint density at radius 1 is 1.59 bits per heavy atom. The molecule has 1 aliphatic rings. The van der Waals surface area contributed by atoms with Crippen molar-refractivity contribution in [1.82, 2.24) is 4.90 Å². The molecule has 1 fully saturated rings. The monoisotopic (exact) mass is 337 g/mol. The van der Waals surface area contributed by atoms with E-state index in [0.29, 0.717) is 23.1 Å². The number of nitriles is 1. The molecule has 1 N–H and O–H groups in total. The zero-order valence-electron chi connectivity index (χ0n) is 12.6. The van der Waals surface area contributed by atoms with Crippen molar-refractivity contribution in [3.05, 3.63) is 28.8 Å². The first kappa shape index (κ1) is 17.0. The maximum absolute atomic E-state index is 8.84. The fourth-order valence-corrected chi connectivity index (χ4v) is 2.96. The molecule has 0 amide bonds. The van der Waals surface area contributed by atoms with Crippen molar-refractivity contribution in [2.45, 2.75) is 32.3 Å².